The number of ketones is 1. The van der Waals surface area contributed by atoms with Crippen LogP contribution in [0.1, 0.15) is 25.7 Å². The summed E-state index contributed by atoms with van der Waals surface area (Å²) in [5.74, 6) is 0.181. The third-order valence-corrected chi connectivity index (χ3v) is 5.86. The minimum absolute atomic E-state index is 0.157. The van der Waals surface area contributed by atoms with Crippen molar-refractivity contribution in [1.82, 2.24) is 4.98 Å². The van der Waals surface area contributed by atoms with Gasteiger partial charge in [0.05, 0.1) is 4.90 Å². The Balaban J connectivity index is 1.69. The molecule has 0 radical (unpaired) electrons. The van der Waals surface area contributed by atoms with Crippen molar-refractivity contribution in [1.29, 1.82) is 0 Å². The van der Waals surface area contributed by atoms with Crippen LogP contribution in [-0.2, 0) is 14.8 Å². The molecule has 1 saturated carbocycles. The van der Waals surface area contributed by atoms with E-state index >= 15 is 0 Å². The fourth-order valence-corrected chi connectivity index (χ4v) is 4.19. The molecule has 2 N–H and O–H groups in total. The Morgan fingerprint density at radius 3 is 2.54 bits per heavy atom. The molecule has 1 heterocycles. The van der Waals surface area contributed by atoms with Crippen molar-refractivity contribution >= 4 is 38.0 Å². The van der Waals surface area contributed by atoms with Gasteiger partial charge in [0, 0.05) is 35.5 Å². The molecule has 0 unspecified atom stereocenters. The lowest BCUT2D eigenvalue weighted by atomic mass is 9.94. The molecule has 1 aromatic heterocycles. The Kier molecular flexibility index (Phi) is 4.96. The predicted octanol–water partition coefficient (Wildman–Crippen LogP) is 3.38. The van der Waals surface area contributed by atoms with E-state index in [-0.39, 0.29) is 10.7 Å². The van der Waals surface area contributed by atoms with Crippen LogP contribution in [0.25, 0.3) is 0 Å². The molecule has 0 aliphatic heterocycles. The number of hydrogen-bond donors (Lipinski definition) is 2. The number of rotatable bonds is 5. The molecule has 6 nitrogen and oxygen atoms in total. The summed E-state index contributed by atoms with van der Waals surface area (Å²) in [4.78, 5) is 15.8. The topological polar surface area (TPSA) is 88.2 Å². The predicted molar refractivity (Wildman–Crippen MR) is 94.5 cm³/mol. The normalized spacial score (nSPS) is 17.0. The Labute approximate surface area is 144 Å². The van der Waals surface area contributed by atoms with E-state index in [0.717, 1.165) is 30.5 Å². The van der Waals surface area contributed by atoms with Gasteiger partial charge in [0.2, 0.25) is 0 Å². The number of Topliss-reactive ketones (excluding diaryl/α,β-unsaturated/α-hetero) is 1. The van der Waals surface area contributed by atoms with Crippen LogP contribution in [0.5, 0.6) is 0 Å². The zero-order valence-corrected chi connectivity index (χ0v) is 14.5. The van der Waals surface area contributed by atoms with E-state index < -0.39 is 10.0 Å². The monoisotopic (exact) mass is 363 g/mol. The van der Waals surface area contributed by atoms with Crippen molar-refractivity contribution < 1.29 is 13.2 Å². The van der Waals surface area contributed by atoms with Gasteiger partial charge in [-0.3, -0.25) is 9.52 Å². The average molecular weight is 363 g/mol. The molecular weight excluding hydrogens is 346 g/mol. The minimum atomic E-state index is -3.64. The molecular formula is C16H17N3O3S2. The maximum absolute atomic E-state index is 12.2. The molecule has 1 aliphatic rings. The molecule has 8 heteroatoms. The maximum atomic E-state index is 12.2. The number of sulfonamides is 1. The zero-order chi connectivity index (χ0) is 17.0. The van der Waals surface area contributed by atoms with Gasteiger partial charge in [0.15, 0.2) is 10.9 Å². The Morgan fingerprint density at radius 1 is 1.12 bits per heavy atom. The van der Waals surface area contributed by atoms with E-state index in [9.17, 15) is 13.2 Å². The van der Waals surface area contributed by atoms with Crippen LogP contribution >= 0.6 is 11.3 Å². The number of benzene rings is 1. The number of carbonyl (C=O) groups is 1. The van der Waals surface area contributed by atoms with Crippen LogP contribution in [0.4, 0.5) is 10.8 Å². The van der Waals surface area contributed by atoms with Gasteiger partial charge in [0.1, 0.15) is 0 Å². The molecule has 0 atom stereocenters. The quantitative estimate of drug-likeness (QED) is 0.795. The number of thiazole rings is 1. The first-order chi connectivity index (χ1) is 11.5. The summed E-state index contributed by atoms with van der Waals surface area (Å²) in [6, 6.07) is 6.36. The van der Waals surface area contributed by atoms with Gasteiger partial charge in [-0.1, -0.05) is 0 Å². The lowest BCUT2D eigenvalue weighted by molar-refractivity contribution is -0.116. The highest BCUT2D eigenvalue weighted by molar-refractivity contribution is 7.93. The largest absolute Gasteiger partial charge is 0.361 e. The second kappa shape index (κ2) is 7.14. The number of nitrogens with zero attached hydrogens (tertiary/aromatic N) is 1. The van der Waals surface area contributed by atoms with Crippen LogP contribution in [0, 0.1) is 0 Å². The van der Waals surface area contributed by atoms with Gasteiger partial charge in [-0.15, -0.1) is 11.3 Å². The smallest absolute Gasteiger partial charge is 0.263 e. The van der Waals surface area contributed by atoms with E-state index in [4.69, 9.17) is 0 Å². The molecule has 24 heavy (non-hydrogen) atoms. The van der Waals surface area contributed by atoms with Crippen molar-refractivity contribution in [2.24, 2.45) is 0 Å². The molecule has 3 rings (SSSR count). The highest BCUT2D eigenvalue weighted by atomic mass is 32.2. The molecule has 1 aromatic carbocycles. The second-order valence-electron chi connectivity index (χ2n) is 5.41. The molecule has 0 spiro atoms. The Bertz CT molecular complexity index is 841. The highest BCUT2D eigenvalue weighted by Gasteiger charge is 2.16. The number of nitrogens with one attached hydrogen (secondary N) is 2. The van der Waals surface area contributed by atoms with Crippen LogP contribution < -0.4 is 10.0 Å². The molecule has 0 amide bonds. The number of carbonyl (C=O) groups excluding carboxylic acids is 1. The van der Waals surface area contributed by atoms with E-state index in [1.165, 1.54) is 29.7 Å². The lowest BCUT2D eigenvalue weighted by Crippen LogP contribution is -2.12. The summed E-state index contributed by atoms with van der Waals surface area (Å²) in [6.07, 6.45) is 6.63. The molecule has 0 saturated heterocycles. The SMILES string of the molecule is O=C1CCCC/C1=C\Nc1ccc(S(=O)(=O)Nc2nccs2)cc1. The van der Waals surface area contributed by atoms with Gasteiger partial charge in [-0.2, -0.15) is 0 Å². The number of allylic oxidation sites excluding steroid dienone is 1. The van der Waals surface area contributed by atoms with Gasteiger partial charge < -0.3 is 5.32 Å². The third-order valence-electron chi connectivity index (χ3n) is 3.69. The maximum Gasteiger partial charge on any atom is 0.263 e. The van der Waals surface area contributed by atoms with Crippen molar-refractivity contribution in [3.05, 3.63) is 47.6 Å². The molecule has 126 valence electrons. The van der Waals surface area contributed by atoms with Gasteiger partial charge in [-0.25, -0.2) is 13.4 Å². The van der Waals surface area contributed by atoms with Gasteiger partial charge in [0.25, 0.3) is 10.0 Å². The summed E-state index contributed by atoms with van der Waals surface area (Å²) in [6.45, 7) is 0. The van der Waals surface area contributed by atoms with Crippen LogP contribution in [0.3, 0.4) is 0 Å². The fourth-order valence-electron chi connectivity index (χ4n) is 2.40. The summed E-state index contributed by atoms with van der Waals surface area (Å²) in [5, 5.41) is 5.09. The summed E-state index contributed by atoms with van der Waals surface area (Å²) in [5.41, 5.74) is 1.53. The van der Waals surface area contributed by atoms with Crippen molar-refractivity contribution in [3.63, 3.8) is 0 Å². The van der Waals surface area contributed by atoms with E-state index in [2.05, 4.69) is 15.0 Å². The third kappa shape index (κ3) is 4.01. The second-order valence-corrected chi connectivity index (χ2v) is 7.99. The zero-order valence-electron chi connectivity index (χ0n) is 12.9. The summed E-state index contributed by atoms with van der Waals surface area (Å²) < 4.78 is 26.9. The van der Waals surface area contributed by atoms with Gasteiger partial charge in [-0.05, 0) is 43.5 Å². The molecule has 1 aliphatic carbocycles. The summed E-state index contributed by atoms with van der Waals surface area (Å²) in [7, 11) is -3.64. The standard InChI is InChI=1S/C16H17N3O3S2/c20-15-4-2-1-3-12(15)11-18-13-5-7-14(8-6-13)24(21,22)19-16-17-9-10-23-16/h5-11,18H,1-4H2,(H,17,19)/b12-11+. The Morgan fingerprint density at radius 2 is 1.88 bits per heavy atom. The summed E-state index contributed by atoms with van der Waals surface area (Å²) >= 11 is 1.22. The van der Waals surface area contributed by atoms with Crippen LogP contribution in [-0.4, -0.2) is 19.2 Å². The van der Waals surface area contributed by atoms with Crippen molar-refractivity contribution in [2.45, 2.75) is 30.6 Å². The van der Waals surface area contributed by atoms with Crippen molar-refractivity contribution in [2.75, 3.05) is 10.0 Å². The fraction of sp³-hybridized carbons (Fsp3) is 0.250. The average Bonchev–Trinajstić information content (AvgIpc) is 3.07. The molecule has 1 fully saturated rings. The van der Waals surface area contributed by atoms with Crippen LogP contribution in [0.2, 0.25) is 0 Å². The highest BCUT2D eigenvalue weighted by Crippen LogP contribution is 2.22. The number of anilines is 2. The lowest BCUT2D eigenvalue weighted by Gasteiger charge is -2.13. The van der Waals surface area contributed by atoms with Crippen molar-refractivity contribution in [3.8, 4) is 0 Å². The first-order valence-electron chi connectivity index (χ1n) is 7.56. The van der Waals surface area contributed by atoms with E-state index in [0.29, 0.717) is 11.6 Å². The van der Waals surface area contributed by atoms with E-state index in [1.807, 2.05) is 0 Å². The first-order valence-corrected chi connectivity index (χ1v) is 9.92. The van der Waals surface area contributed by atoms with Crippen LogP contribution in [0.15, 0.2) is 52.5 Å². The van der Waals surface area contributed by atoms with E-state index in [1.54, 1.807) is 23.7 Å². The minimum Gasteiger partial charge on any atom is -0.361 e. The molecule has 0 bridgehead atoms. The molecule has 2 aromatic rings. The number of hydrogen-bond acceptors (Lipinski definition) is 6. The number of aromatic nitrogens is 1. The Hall–Kier alpha value is -2.19. The first kappa shape index (κ1) is 16.7. The van der Waals surface area contributed by atoms with Gasteiger partial charge >= 0.3 is 0 Å².